The Morgan fingerprint density at radius 2 is 1.76 bits per heavy atom. The van der Waals surface area contributed by atoms with Crippen LogP contribution in [-0.2, 0) is 21.9 Å². The average Bonchev–Trinajstić information content (AvgIpc) is 3.52. The third kappa shape index (κ3) is 4.74. The molecule has 2 heterocycles. The van der Waals surface area contributed by atoms with Gasteiger partial charge in [0.15, 0.2) is 6.29 Å². The maximum atomic E-state index is 12.2. The van der Waals surface area contributed by atoms with E-state index in [2.05, 4.69) is 20.4 Å². The summed E-state index contributed by atoms with van der Waals surface area (Å²) in [4.78, 5) is 21.3. The van der Waals surface area contributed by atoms with Crippen molar-refractivity contribution in [1.82, 2.24) is 19.7 Å². The van der Waals surface area contributed by atoms with E-state index in [0.29, 0.717) is 22.8 Å². The van der Waals surface area contributed by atoms with Crippen LogP contribution in [0.4, 0.5) is 10.6 Å². The number of carbonyl (C=O) groups is 1. The van der Waals surface area contributed by atoms with Gasteiger partial charge in [-0.15, -0.1) is 0 Å². The predicted molar refractivity (Wildman–Crippen MR) is 123 cm³/mol. The molecule has 33 heavy (non-hydrogen) atoms. The van der Waals surface area contributed by atoms with Crippen LogP contribution in [0.25, 0.3) is 22.5 Å². The summed E-state index contributed by atoms with van der Waals surface area (Å²) in [7, 11) is 3.25. The summed E-state index contributed by atoms with van der Waals surface area (Å²) < 4.78 is 12.0. The molecule has 1 aromatic carbocycles. The van der Waals surface area contributed by atoms with Crippen molar-refractivity contribution in [2.45, 2.75) is 50.9 Å². The van der Waals surface area contributed by atoms with Crippen LogP contribution in [-0.4, -0.2) is 49.9 Å². The quantitative estimate of drug-likeness (QED) is 0.547. The normalized spacial score (nSPS) is 15.7. The number of rotatable bonds is 6. The second-order valence-corrected chi connectivity index (χ2v) is 9.27. The summed E-state index contributed by atoms with van der Waals surface area (Å²) in [5.41, 5.74) is 2.99. The zero-order chi connectivity index (χ0) is 23.8. The summed E-state index contributed by atoms with van der Waals surface area (Å²) in [6, 6.07) is 7.95. The first kappa shape index (κ1) is 22.9. The number of aliphatic hydroxyl groups excluding tert-OH is 1. The Bertz CT molecular complexity index is 1130. The number of methoxy groups -OCH3 is 1. The van der Waals surface area contributed by atoms with E-state index in [1.54, 1.807) is 51.1 Å². The summed E-state index contributed by atoms with van der Waals surface area (Å²) in [6.07, 6.45) is 5.40. The molecule has 0 spiro atoms. The number of aryl methyl sites for hydroxylation is 1. The van der Waals surface area contributed by atoms with E-state index in [9.17, 15) is 9.90 Å². The van der Waals surface area contributed by atoms with Crippen LogP contribution in [0.5, 0.6) is 0 Å². The van der Waals surface area contributed by atoms with E-state index in [-0.39, 0.29) is 5.41 Å². The van der Waals surface area contributed by atoms with Gasteiger partial charge in [0.25, 0.3) is 0 Å². The lowest BCUT2D eigenvalue weighted by molar-refractivity contribution is -0.0997. The molecule has 1 saturated carbocycles. The Morgan fingerprint density at radius 3 is 2.30 bits per heavy atom. The number of hydrogen-bond donors (Lipinski definition) is 2. The number of benzene rings is 1. The van der Waals surface area contributed by atoms with Gasteiger partial charge in [0.2, 0.25) is 0 Å². The maximum Gasteiger partial charge on any atom is 0.413 e. The minimum atomic E-state index is -0.801. The molecule has 1 amide bonds. The van der Waals surface area contributed by atoms with E-state index in [1.165, 1.54) is 7.11 Å². The fourth-order valence-corrected chi connectivity index (χ4v) is 3.80. The molecule has 1 fully saturated rings. The molecule has 0 radical (unpaired) electrons. The van der Waals surface area contributed by atoms with Gasteiger partial charge in [-0.3, -0.25) is 20.0 Å². The molecule has 0 aliphatic heterocycles. The first-order chi connectivity index (χ1) is 15.6. The van der Waals surface area contributed by atoms with Crippen LogP contribution >= 0.6 is 0 Å². The Labute approximate surface area is 192 Å². The lowest BCUT2D eigenvalue weighted by atomic mass is 9.94. The SMILES string of the molecule is COC(O)C1(c2ccc(-c3cnc(-c4cnn(C)c4NC(=O)OC(C)(C)C)cn3)cc2)CC1. The van der Waals surface area contributed by atoms with Crippen LogP contribution in [0.15, 0.2) is 42.9 Å². The smallest absolute Gasteiger partial charge is 0.413 e. The highest BCUT2D eigenvalue weighted by molar-refractivity contribution is 5.89. The highest BCUT2D eigenvalue weighted by Gasteiger charge is 2.50. The van der Waals surface area contributed by atoms with E-state index < -0.39 is 18.0 Å². The monoisotopic (exact) mass is 451 g/mol. The molecule has 174 valence electrons. The minimum Gasteiger partial charge on any atom is -0.444 e. The fraction of sp³-hybridized carbons (Fsp3) is 0.417. The molecule has 1 atom stereocenters. The average molecular weight is 452 g/mol. The molecule has 0 bridgehead atoms. The molecule has 2 N–H and O–H groups in total. The third-order valence-electron chi connectivity index (χ3n) is 5.73. The van der Waals surface area contributed by atoms with Crippen molar-refractivity contribution in [3.63, 3.8) is 0 Å². The van der Waals surface area contributed by atoms with Gasteiger partial charge in [0.1, 0.15) is 11.4 Å². The van der Waals surface area contributed by atoms with Crippen molar-refractivity contribution in [2.24, 2.45) is 7.05 Å². The molecule has 3 aromatic rings. The van der Waals surface area contributed by atoms with Crippen LogP contribution in [0.2, 0.25) is 0 Å². The Kier molecular flexibility index (Phi) is 5.94. The van der Waals surface area contributed by atoms with E-state index in [4.69, 9.17) is 9.47 Å². The first-order valence-corrected chi connectivity index (χ1v) is 10.8. The van der Waals surface area contributed by atoms with Gasteiger partial charge < -0.3 is 14.6 Å². The molecular weight excluding hydrogens is 422 g/mol. The third-order valence-corrected chi connectivity index (χ3v) is 5.73. The number of nitrogens with one attached hydrogen (secondary N) is 1. The predicted octanol–water partition coefficient (Wildman–Crippen LogP) is 3.89. The molecule has 1 unspecified atom stereocenters. The summed E-state index contributed by atoms with van der Waals surface area (Å²) in [5, 5.41) is 17.1. The Balaban J connectivity index is 1.52. The molecular formula is C24H29N5O4. The standard InChI is InChI=1S/C24H29N5O4/c1-23(2,3)33-22(31)28-20-17(12-27-29(20)4)19-14-25-18(13-26-19)15-6-8-16(9-7-15)24(10-11-24)21(30)32-5/h6-9,12-14,21,30H,10-11H2,1-5H3,(H,28,31). The van der Waals surface area contributed by atoms with Crippen molar-refractivity contribution in [2.75, 3.05) is 12.4 Å². The van der Waals surface area contributed by atoms with Gasteiger partial charge in [-0.25, -0.2) is 4.79 Å². The lowest BCUT2D eigenvalue weighted by Gasteiger charge is -2.21. The molecule has 2 aromatic heterocycles. The first-order valence-electron chi connectivity index (χ1n) is 10.8. The number of carbonyl (C=O) groups excluding carboxylic acids is 1. The molecule has 4 rings (SSSR count). The Hall–Kier alpha value is -3.30. The van der Waals surface area contributed by atoms with Gasteiger partial charge in [-0.2, -0.15) is 5.10 Å². The van der Waals surface area contributed by atoms with Crippen molar-refractivity contribution in [3.05, 3.63) is 48.4 Å². The van der Waals surface area contributed by atoms with E-state index in [1.807, 2.05) is 24.3 Å². The minimum absolute atomic E-state index is 0.305. The number of aromatic nitrogens is 4. The van der Waals surface area contributed by atoms with Crippen molar-refractivity contribution in [3.8, 4) is 22.5 Å². The number of anilines is 1. The van der Waals surface area contributed by atoms with E-state index in [0.717, 1.165) is 24.0 Å². The largest absolute Gasteiger partial charge is 0.444 e. The Morgan fingerprint density at radius 1 is 1.12 bits per heavy atom. The summed E-state index contributed by atoms with van der Waals surface area (Å²) in [6.45, 7) is 5.41. The summed E-state index contributed by atoms with van der Waals surface area (Å²) >= 11 is 0. The zero-order valence-electron chi connectivity index (χ0n) is 19.5. The fourth-order valence-electron chi connectivity index (χ4n) is 3.80. The van der Waals surface area contributed by atoms with Crippen molar-refractivity contribution in [1.29, 1.82) is 0 Å². The molecule has 1 aliphatic rings. The van der Waals surface area contributed by atoms with Crippen LogP contribution < -0.4 is 5.32 Å². The molecule has 0 saturated heterocycles. The second kappa shape index (κ2) is 8.57. The number of ether oxygens (including phenoxy) is 2. The van der Waals surface area contributed by atoms with E-state index >= 15 is 0 Å². The highest BCUT2D eigenvalue weighted by atomic mass is 16.6. The van der Waals surface area contributed by atoms with Crippen molar-refractivity contribution >= 4 is 11.9 Å². The van der Waals surface area contributed by atoms with Crippen LogP contribution in [0.3, 0.4) is 0 Å². The van der Waals surface area contributed by atoms with Gasteiger partial charge in [-0.05, 0) is 39.2 Å². The summed E-state index contributed by atoms with van der Waals surface area (Å²) in [5.74, 6) is 0.474. The number of amides is 1. The number of aliphatic hydroxyl groups is 1. The highest BCUT2D eigenvalue weighted by Crippen LogP contribution is 2.51. The topological polar surface area (TPSA) is 111 Å². The van der Waals surface area contributed by atoms with Gasteiger partial charge in [-0.1, -0.05) is 24.3 Å². The second-order valence-electron chi connectivity index (χ2n) is 9.27. The number of nitrogens with zero attached hydrogens (tertiary/aromatic N) is 4. The molecule has 9 nitrogen and oxygen atoms in total. The van der Waals surface area contributed by atoms with Gasteiger partial charge in [0, 0.05) is 25.1 Å². The molecule has 1 aliphatic carbocycles. The molecule has 9 heteroatoms. The maximum absolute atomic E-state index is 12.2. The zero-order valence-corrected chi connectivity index (χ0v) is 19.5. The van der Waals surface area contributed by atoms with Crippen LogP contribution in [0, 0.1) is 0 Å². The van der Waals surface area contributed by atoms with Crippen molar-refractivity contribution < 1.29 is 19.4 Å². The lowest BCUT2D eigenvalue weighted by Crippen LogP contribution is -2.28. The van der Waals surface area contributed by atoms with Crippen LogP contribution in [0.1, 0.15) is 39.2 Å². The van der Waals surface area contributed by atoms with Gasteiger partial charge in [0.05, 0.1) is 35.5 Å². The number of hydrogen-bond acceptors (Lipinski definition) is 7. The van der Waals surface area contributed by atoms with Gasteiger partial charge >= 0.3 is 6.09 Å².